The van der Waals surface area contributed by atoms with Crippen LogP contribution in [0.2, 0.25) is 0 Å². The van der Waals surface area contributed by atoms with Crippen molar-refractivity contribution in [1.29, 1.82) is 0 Å². The third-order valence-corrected chi connectivity index (χ3v) is 3.50. The number of thioether (sulfide) groups is 1. The lowest BCUT2D eigenvalue weighted by Crippen LogP contribution is -1.94. The van der Waals surface area contributed by atoms with Crippen molar-refractivity contribution in [2.45, 2.75) is 31.4 Å². The van der Waals surface area contributed by atoms with Crippen LogP contribution in [0.1, 0.15) is 36.5 Å². The maximum Gasteiger partial charge on any atom is 0.335 e. The minimum Gasteiger partial charge on any atom is -0.478 e. The van der Waals surface area contributed by atoms with Crippen molar-refractivity contribution in [3.63, 3.8) is 0 Å². The summed E-state index contributed by atoms with van der Waals surface area (Å²) in [7, 11) is 0. The maximum atomic E-state index is 10.8. The second-order valence-corrected chi connectivity index (χ2v) is 5.07. The summed E-state index contributed by atoms with van der Waals surface area (Å²) in [5.41, 5.74) is 1.46. The van der Waals surface area contributed by atoms with Gasteiger partial charge in [-0.15, -0.1) is 0 Å². The molecule has 0 aliphatic rings. The summed E-state index contributed by atoms with van der Waals surface area (Å²) in [4.78, 5) is 15.1. The van der Waals surface area contributed by atoms with E-state index in [0.717, 1.165) is 12.2 Å². The highest BCUT2D eigenvalue weighted by atomic mass is 32.2. The van der Waals surface area contributed by atoms with E-state index in [1.165, 1.54) is 18.9 Å². The van der Waals surface area contributed by atoms with Gasteiger partial charge in [0, 0.05) is 5.75 Å². The summed E-state index contributed by atoms with van der Waals surface area (Å²) in [6.45, 7) is 2.16. The van der Waals surface area contributed by atoms with Crippen LogP contribution < -0.4 is 0 Å². The van der Waals surface area contributed by atoms with Gasteiger partial charge in [-0.25, -0.2) is 9.78 Å². The second-order valence-electron chi connectivity index (χ2n) is 4.02. The summed E-state index contributed by atoms with van der Waals surface area (Å²) >= 11 is 1.58. The zero-order chi connectivity index (χ0) is 13.0. The molecule has 0 bridgehead atoms. The van der Waals surface area contributed by atoms with Crippen molar-refractivity contribution in [3.8, 4) is 0 Å². The topological polar surface area (TPSA) is 63.3 Å². The van der Waals surface area contributed by atoms with E-state index < -0.39 is 5.97 Å². The van der Waals surface area contributed by atoms with Gasteiger partial charge in [0.25, 0.3) is 5.22 Å². The predicted molar refractivity (Wildman–Crippen MR) is 71.2 cm³/mol. The summed E-state index contributed by atoms with van der Waals surface area (Å²) in [6, 6.07) is 4.73. The first-order valence-corrected chi connectivity index (χ1v) is 6.96. The minimum atomic E-state index is -0.953. The maximum absolute atomic E-state index is 10.8. The van der Waals surface area contributed by atoms with Crippen molar-refractivity contribution < 1.29 is 14.3 Å². The van der Waals surface area contributed by atoms with Crippen molar-refractivity contribution in [2.24, 2.45) is 0 Å². The third-order valence-electron chi connectivity index (χ3n) is 2.59. The Morgan fingerprint density at radius 3 is 3.00 bits per heavy atom. The smallest absolute Gasteiger partial charge is 0.335 e. The highest BCUT2D eigenvalue weighted by Gasteiger charge is 2.09. The van der Waals surface area contributed by atoms with Crippen molar-refractivity contribution in [1.82, 2.24) is 4.98 Å². The quantitative estimate of drug-likeness (QED) is 0.635. The van der Waals surface area contributed by atoms with E-state index in [4.69, 9.17) is 9.52 Å². The summed E-state index contributed by atoms with van der Waals surface area (Å²) in [6.07, 6.45) is 3.53. The normalized spacial score (nSPS) is 10.9. The molecule has 0 saturated carbocycles. The van der Waals surface area contributed by atoms with Crippen LogP contribution in [0.25, 0.3) is 11.1 Å². The van der Waals surface area contributed by atoms with Crippen molar-refractivity contribution in [3.05, 3.63) is 23.8 Å². The molecule has 0 aliphatic carbocycles. The lowest BCUT2D eigenvalue weighted by Gasteiger charge is -1.94. The monoisotopic (exact) mass is 265 g/mol. The van der Waals surface area contributed by atoms with E-state index in [0.29, 0.717) is 16.3 Å². The fourth-order valence-electron chi connectivity index (χ4n) is 1.61. The Kier molecular flexibility index (Phi) is 4.25. The molecule has 0 atom stereocenters. The average Bonchev–Trinajstić information content (AvgIpc) is 2.76. The SMILES string of the molecule is CCCCCSc1nc2ccc(C(=O)O)cc2o1. The summed E-state index contributed by atoms with van der Waals surface area (Å²) < 4.78 is 5.53. The number of hydrogen-bond donors (Lipinski definition) is 1. The Morgan fingerprint density at radius 1 is 1.44 bits per heavy atom. The van der Waals surface area contributed by atoms with Gasteiger partial charge in [-0.05, 0) is 24.6 Å². The standard InChI is InChI=1S/C13H15NO3S/c1-2-3-4-7-18-13-14-10-6-5-9(12(15)16)8-11(10)17-13/h5-6,8H,2-4,7H2,1H3,(H,15,16). The molecule has 0 aliphatic heterocycles. The van der Waals surface area contributed by atoms with E-state index in [1.54, 1.807) is 23.9 Å². The summed E-state index contributed by atoms with van der Waals surface area (Å²) in [5, 5.41) is 9.50. The largest absolute Gasteiger partial charge is 0.478 e. The van der Waals surface area contributed by atoms with Crippen LogP contribution in [0.15, 0.2) is 27.8 Å². The minimum absolute atomic E-state index is 0.223. The van der Waals surface area contributed by atoms with Gasteiger partial charge in [0.15, 0.2) is 5.58 Å². The zero-order valence-corrected chi connectivity index (χ0v) is 11.0. The molecule has 0 spiro atoms. The molecule has 1 N–H and O–H groups in total. The number of carbonyl (C=O) groups is 1. The molecule has 1 heterocycles. The van der Waals surface area contributed by atoms with E-state index in [-0.39, 0.29) is 5.56 Å². The van der Waals surface area contributed by atoms with Gasteiger partial charge >= 0.3 is 5.97 Å². The number of aromatic carboxylic acids is 1. The molecular formula is C13H15NO3S. The molecule has 0 amide bonds. The van der Waals surface area contributed by atoms with Gasteiger partial charge in [0.05, 0.1) is 5.56 Å². The first-order valence-electron chi connectivity index (χ1n) is 5.97. The number of carboxylic acid groups (broad SMARTS) is 1. The Labute approximate surface area is 109 Å². The van der Waals surface area contributed by atoms with E-state index in [9.17, 15) is 4.79 Å². The zero-order valence-electron chi connectivity index (χ0n) is 10.2. The molecule has 1 aromatic heterocycles. The van der Waals surface area contributed by atoms with E-state index in [1.807, 2.05) is 0 Å². The Morgan fingerprint density at radius 2 is 2.28 bits per heavy atom. The number of benzene rings is 1. The van der Waals surface area contributed by atoms with Gasteiger partial charge in [0.1, 0.15) is 5.52 Å². The molecule has 2 aromatic rings. The molecule has 2 rings (SSSR count). The number of rotatable bonds is 6. The van der Waals surface area contributed by atoms with Crippen LogP contribution in [0.5, 0.6) is 0 Å². The van der Waals surface area contributed by atoms with Gasteiger partial charge < -0.3 is 9.52 Å². The lowest BCUT2D eigenvalue weighted by molar-refractivity contribution is 0.0697. The van der Waals surface area contributed by atoms with Gasteiger partial charge in [-0.3, -0.25) is 0 Å². The number of nitrogens with zero attached hydrogens (tertiary/aromatic N) is 1. The lowest BCUT2D eigenvalue weighted by atomic mass is 10.2. The van der Waals surface area contributed by atoms with Crippen LogP contribution in [0.3, 0.4) is 0 Å². The number of unbranched alkanes of at least 4 members (excludes halogenated alkanes) is 2. The van der Waals surface area contributed by atoms with Crippen LogP contribution in [-0.4, -0.2) is 21.8 Å². The van der Waals surface area contributed by atoms with Gasteiger partial charge in [-0.1, -0.05) is 31.5 Å². The molecule has 18 heavy (non-hydrogen) atoms. The molecular weight excluding hydrogens is 250 g/mol. The molecule has 0 saturated heterocycles. The van der Waals surface area contributed by atoms with Crippen LogP contribution >= 0.6 is 11.8 Å². The molecule has 96 valence electrons. The summed E-state index contributed by atoms with van der Waals surface area (Å²) in [5.74, 6) is 0.0253. The van der Waals surface area contributed by atoms with Crippen LogP contribution in [0.4, 0.5) is 0 Å². The first-order chi connectivity index (χ1) is 8.70. The Hall–Kier alpha value is -1.49. The number of carboxylic acids is 1. The molecule has 4 nitrogen and oxygen atoms in total. The first kappa shape index (κ1) is 13.0. The van der Waals surface area contributed by atoms with Crippen molar-refractivity contribution in [2.75, 3.05) is 5.75 Å². The number of oxazole rings is 1. The Bertz CT molecular complexity index is 550. The van der Waals surface area contributed by atoms with Crippen molar-refractivity contribution >= 4 is 28.8 Å². The van der Waals surface area contributed by atoms with Gasteiger partial charge in [0.2, 0.25) is 0 Å². The predicted octanol–water partition coefficient (Wildman–Crippen LogP) is 3.81. The Balaban J connectivity index is 2.09. The van der Waals surface area contributed by atoms with Gasteiger partial charge in [-0.2, -0.15) is 0 Å². The number of fused-ring (bicyclic) bond motifs is 1. The van der Waals surface area contributed by atoms with Crippen LogP contribution in [0, 0.1) is 0 Å². The fraction of sp³-hybridized carbons (Fsp3) is 0.385. The molecule has 1 aromatic carbocycles. The highest BCUT2D eigenvalue weighted by Crippen LogP contribution is 2.25. The fourth-order valence-corrected chi connectivity index (χ4v) is 2.44. The highest BCUT2D eigenvalue weighted by molar-refractivity contribution is 7.99. The molecule has 0 unspecified atom stereocenters. The number of hydrogen-bond acceptors (Lipinski definition) is 4. The third kappa shape index (κ3) is 3.04. The average molecular weight is 265 g/mol. The molecule has 0 fully saturated rings. The number of aromatic nitrogens is 1. The molecule has 5 heteroatoms. The molecule has 0 radical (unpaired) electrons. The van der Waals surface area contributed by atoms with Crippen LogP contribution in [-0.2, 0) is 0 Å². The van der Waals surface area contributed by atoms with E-state index >= 15 is 0 Å². The second kappa shape index (κ2) is 5.91. The van der Waals surface area contributed by atoms with E-state index in [2.05, 4.69) is 11.9 Å².